The molecule has 6 heteroatoms. The molecule has 0 aromatic carbocycles. The maximum atomic E-state index is 12.0. The van der Waals surface area contributed by atoms with E-state index in [1.54, 1.807) is 0 Å². The van der Waals surface area contributed by atoms with Crippen LogP contribution in [0.25, 0.3) is 0 Å². The summed E-state index contributed by atoms with van der Waals surface area (Å²) < 4.78 is 0. The summed E-state index contributed by atoms with van der Waals surface area (Å²) >= 11 is 1.49. The molecular weight excluding hydrogens is 240 g/mol. The van der Waals surface area contributed by atoms with E-state index in [-0.39, 0.29) is 12.1 Å². The van der Waals surface area contributed by atoms with Crippen molar-refractivity contribution in [3.05, 3.63) is 0 Å². The van der Waals surface area contributed by atoms with Gasteiger partial charge in [0.1, 0.15) is 6.04 Å². The SMILES string of the molecule is CC1CCCC1NC(=O)N1CSCC1C(=O)O. The van der Waals surface area contributed by atoms with Crippen molar-refractivity contribution >= 4 is 23.8 Å². The van der Waals surface area contributed by atoms with Crippen LogP contribution in [0.15, 0.2) is 0 Å². The second kappa shape index (κ2) is 5.16. The van der Waals surface area contributed by atoms with E-state index in [1.165, 1.54) is 16.7 Å². The summed E-state index contributed by atoms with van der Waals surface area (Å²) in [5.74, 6) is 0.550. The molecule has 0 spiro atoms. The highest BCUT2D eigenvalue weighted by molar-refractivity contribution is 7.99. The van der Waals surface area contributed by atoms with Crippen LogP contribution in [0.3, 0.4) is 0 Å². The van der Waals surface area contributed by atoms with Gasteiger partial charge in [-0.05, 0) is 18.8 Å². The van der Waals surface area contributed by atoms with Crippen molar-refractivity contribution in [1.29, 1.82) is 0 Å². The first-order valence-electron chi connectivity index (χ1n) is 5.97. The van der Waals surface area contributed by atoms with Crippen LogP contribution in [0.1, 0.15) is 26.2 Å². The molecule has 0 bridgehead atoms. The maximum Gasteiger partial charge on any atom is 0.327 e. The molecule has 1 saturated heterocycles. The number of thioether (sulfide) groups is 1. The van der Waals surface area contributed by atoms with Crippen molar-refractivity contribution in [1.82, 2.24) is 10.2 Å². The quantitative estimate of drug-likeness (QED) is 0.784. The monoisotopic (exact) mass is 258 g/mol. The van der Waals surface area contributed by atoms with Gasteiger partial charge in [0.05, 0.1) is 5.88 Å². The van der Waals surface area contributed by atoms with Crippen molar-refractivity contribution in [2.24, 2.45) is 5.92 Å². The minimum atomic E-state index is -0.912. The summed E-state index contributed by atoms with van der Waals surface area (Å²) in [7, 11) is 0. The fourth-order valence-corrected chi connectivity index (χ4v) is 3.59. The van der Waals surface area contributed by atoms with E-state index in [1.807, 2.05) is 0 Å². The van der Waals surface area contributed by atoms with Gasteiger partial charge >= 0.3 is 12.0 Å². The van der Waals surface area contributed by atoms with Gasteiger partial charge in [-0.2, -0.15) is 0 Å². The van der Waals surface area contributed by atoms with Crippen LogP contribution in [0.2, 0.25) is 0 Å². The third-order valence-corrected chi connectivity index (χ3v) is 4.61. The Balaban J connectivity index is 1.93. The van der Waals surface area contributed by atoms with Gasteiger partial charge < -0.3 is 15.3 Å². The van der Waals surface area contributed by atoms with E-state index < -0.39 is 12.0 Å². The molecule has 3 atom stereocenters. The van der Waals surface area contributed by atoms with E-state index in [2.05, 4.69) is 12.2 Å². The predicted molar refractivity (Wildman–Crippen MR) is 65.9 cm³/mol. The zero-order valence-electron chi connectivity index (χ0n) is 9.89. The van der Waals surface area contributed by atoms with Crippen LogP contribution in [-0.4, -0.2) is 45.7 Å². The Morgan fingerprint density at radius 1 is 1.41 bits per heavy atom. The molecule has 2 N–H and O–H groups in total. The number of carboxylic acid groups (broad SMARTS) is 1. The molecule has 96 valence electrons. The van der Waals surface area contributed by atoms with E-state index in [0.717, 1.165) is 19.3 Å². The Morgan fingerprint density at radius 3 is 2.76 bits per heavy atom. The second-order valence-electron chi connectivity index (χ2n) is 4.79. The molecule has 17 heavy (non-hydrogen) atoms. The largest absolute Gasteiger partial charge is 0.480 e. The lowest BCUT2D eigenvalue weighted by Gasteiger charge is -2.25. The number of nitrogens with one attached hydrogen (secondary N) is 1. The number of rotatable bonds is 2. The number of carboxylic acids is 1. The average molecular weight is 258 g/mol. The van der Waals surface area contributed by atoms with Gasteiger partial charge in [-0.15, -0.1) is 11.8 Å². The Morgan fingerprint density at radius 2 is 2.18 bits per heavy atom. The van der Waals surface area contributed by atoms with Crippen LogP contribution in [-0.2, 0) is 4.79 Å². The molecule has 0 aromatic rings. The molecule has 1 aliphatic carbocycles. The van der Waals surface area contributed by atoms with Crippen LogP contribution < -0.4 is 5.32 Å². The minimum Gasteiger partial charge on any atom is -0.480 e. The van der Waals surface area contributed by atoms with Crippen molar-refractivity contribution in [3.8, 4) is 0 Å². The van der Waals surface area contributed by atoms with Gasteiger partial charge in [-0.1, -0.05) is 13.3 Å². The van der Waals surface area contributed by atoms with Crippen molar-refractivity contribution < 1.29 is 14.7 Å². The number of amides is 2. The van der Waals surface area contributed by atoms with Crippen LogP contribution in [0.5, 0.6) is 0 Å². The first kappa shape index (κ1) is 12.5. The molecular formula is C11H18N2O3S. The lowest BCUT2D eigenvalue weighted by atomic mass is 10.1. The minimum absolute atomic E-state index is 0.211. The van der Waals surface area contributed by atoms with Crippen LogP contribution in [0, 0.1) is 5.92 Å². The summed E-state index contributed by atoms with van der Waals surface area (Å²) in [6.45, 7) is 2.13. The van der Waals surface area contributed by atoms with Gasteiger partial charge in [0, 0.05) is 11.8 Å². The Hall–Kier alpha value is -0.910. The zero-order valence-corrected chi connectivity index (χ0v) is 10.7. The molecule has 1 heterocycles. The lowest BCUT2D eigenvalue weighted by Crippen LogP contribution is -2.50. The number of aliphatic carboxylic acids is 1. The summed E-state index contributed by atoms with van der Waals surface area (Å²) in [6.07, 6.45) is 3.29. The van der Waals surface area contributed by atoms with E-state index in [9.17, 15) is 9.59 Å². The highest BCUT2D eigenvalue weighted by atomic mass is 32.2. The zero-order chi connectivity index (χ0) is 12.4. The normalized spacial score (nSPS) is 32.8. The highest BCUT2D eigenvalue weighted by Crippen LogP contribution is 2.26. The molecule has 2 rings (SSSR count). The van der Waals surface area contributed by atoms with Gasteiger partial charge in [0.25, 0.3) is 0 Å². The number of hydrogen-bond acceptors (Lipinski definition) is 3. The van der Waals surface area contributed by atoms with Crippen LogP contribution >= 0.6 is 11.8 Å². The molecule has 2 fully saturated rings. The van der Waals surface area contributed by atoms with Crippen molar-refractivity contribution in [2.75, 3.05) is 11.6 Å². The standard InChI is InChI=1S/C11H18N2O3S/c1-7-3-2-4-8(7)12-11(16)13-6-17-5-9(13)10(14)15/h7-9H,2-6H2,1H3,(H,12,16)(H,14,15). The third kappa shape index (κ3) is 2.68. The summed E-state index contributed by atoms with van der Waals surface area (Å²) in [6, 6.07) is -0.680. The topological polar surface area (TPSA) is 69.6 Å². The summed E-state index contributed by atoms with van der Waals surface area (Å²) in [5, 5.41) is 12.0. The molecule has 2 amide bonds. The van der Waals surface area contributed by atoms with Crippen molar-refractivity contribution in [3.63, 3.8) is 0 Å². The molecule has 0 radical (unpaired) electrons. The molecule has 3 unspecified atom stereocenters. The Bertz CT molecular complexity index is 324. The van der Waals surface area contributed by atoms with Gasteiger partial charge in [-0.3, -0.25) is 0 Å². The first-order chi connectivity index (χ1) is 8.09. The molecule has 1 saturated carbocycles. The third-order valence-electron chi connectivity index (χ3n) is 3.60. The van der Waals surface area contributed by atoms with Crippen molar-refractivity contribution in [2.45, 2.75) is 38.3 Å². The molecule has 0 aromatic heterocycles. The van der Waals surface area contributed by atoms with Crippen LogP contribution in [0.4, 0.5) is 4.79 Å². The fraction of sp³-hybridized carbons (Fsp3) is 0.818. The van der Waals surface area contributed by atoms with Gasteiger partial charge in [0.15, 0.2) is 0 Å². The molecule has 2 aliphatic rings. The predicted octanol–water partition coefficient (Wildman–Crippen LogP) is 1.34. The average Bonchev–Trinajstić information content (AvgIpc) is 2.87. The van der Waals surface area contributed by atoms with E-state index in [4.69, 9.17) is 5.11 Å². The molecule has 1 aliphatic heterocycles. The smallest absolute Gasteiger partial charge is 0.327 e. The second-order valence-corrected chi connectivity index (χ2v) is 5.79. The van der Waals surface area contributed by atoms with Gasteiger partial charge in [0.2, 0.25) is 0 Å². The van der Waals surface area contributed by atoms with E-state index in [0.29, 0.717) is 17.5 Å². The number of urea groups is 1. The first-order valence-corrected chi connectivity index (χ1v) is 7.12. The number of hydrogen-bond donors (Lipinski definition) is 2. The number of nitrogens with zero attached hydrogens (tertiary/aromatic N) is 1. The lowest BCUT2D eigenvalue weighted by molar-refractivity contribution is -0.140. The van der Waals surface area contributed by atoms with E-state index >= 15 is 0 Å². The number of carbonyl (C=O) groups is 2. The highest BCUT2D eigenvalue weighted by Gasteiger charge is 2.36. The Labute approximate surface area is 105 Å². The Kier molecular flexibility index (Phi) is 3.81. The molecule has 5 nitrogen and oxygen atoms in total. The fourth-order valence-electron chi connectivity index (χ4n) is 2.45. The summed E-state index contributed by atoms with van der Waals surface area (Å²) in [4.78, 5) is 24.4. The number of carbonyl (C=O) groups excluding carboxylic acids is 1. The van der Waals surface area contributed by atoms with Gasteiger partial charge in [-0.25, -0.2) is 9.59 Å². The maximum absolute atomic E-state index is 12.0. The summed E-state index contributed by atoms with van der Waals surface area (Å²) in [5.41, 5.74) is 0.